The van der Waals surface area contributed by atoms with Crippen molar-refractivity contribution in [3.8, 4) is 0 Å². The van der Waals surface area contributed by atoms with Gasteiger partial charge < -0.3 is 19.8 Å². The maximum Gasteiger partial charge on any atom is 0.363 e. The van der Waals surface area contributed by atoms with E-state index < -0.39 is 5.03 Å². The van der Waals surface area contributed by atoms with Gasteiger partial charge in [0.1, 0.15) is 0 Å². The molecule has 10 nitrogen and oxygen atoms in total. The van der Waals surface area contributed by atoms with Crippen molar-refractivity contribution in [3.63, 3.8) is 0 Å². The smallest absolute Gasteiger partial charge is 0.339 e. The zero-order valence-electron chi connectivity index (χ0n) is 6.47. The van der Waals surface area contributed by atoms with Crippen LogP contribution >= 0.6 is 0 Å². The van der Waals surface area contributed by atoms with Crippen LogP contribution in [0.25, 0.3) is 0 Å². The molecule has 0 aliphatic carbocycles. The van der Waals surface area contributed by atoms with Crippen molar-refractivity contribution in [3.05, 3.63) is 22.3 Å². The molecule has 0 aromatic carbocycles. The fourth-order valence-electron chi connectivity index (χ4n) is 0.692. The van der Waals surface area contributed by atoms with Gasteiger partial charge >= 0.3 is 11.7 Å². The molecule has 0 bridgehead atoms. The first-order chi connectivity index (χ1) is 6.77. The summed E-state index contributed by atoms with van der Waals surface area (Å²) >= 11 is 0. The molecule has 0 radical (unpaired) electrons. The Kier molecular flexibility index (Phi) is 1.78. The van der Waals surface area contributed by atoms with Gasteiger partial charge in [-0.1, -0.05) is 0 Å². The molecule has 1 aromatic heterocycles. The van der Waals surface area contributed by atoms with E-state index >= 15 is 0 Å². The molecule has 0 amide bonds. The summed E-state index contributed by atoms with van der Waals surface area (Å²) in [6.45, 7) is 0. The van der Waals surface area contributed by atoms with E-state index in [2.05, 4.69) is 30.1 Å². The van der Waals surface area contributed by atoms with Crippen LogP contribution in [0.5, 0.6) is 0 Å². The van der Waals surface area contributed by atoms with Gasteiger partial charge in [-0.15, -0.1) is 0 Å². The quantitative estimate of drug-likeness (QED) is 0.442. The van der Waals surface area contributed by atoms with E-state index in [0.29, 0.717) is 4.79 Å². The van der Waals surface area contributed by atoms with Crippen LogP contribution in [-0.2, 0) is 9.68 Å². The van der Waals surface area contributed by atoms with Crippen molar-refractivity contribution in [1.29, 1.82) is 0 Å². The number of rotatable bonds is 2. The van der Waals surface area contributed by atoms with Gasteiger partial charge in [0.2, 0.25) is 6.40 Å². The number of oxime groups is 2. The van der Waals surface area contributed by atoms with E-state index in [-0.39, 0.29) is 11.7 Å². The molecule has 0 N–H and O–H groups in total. The molecule has 0 saturated heterocycles. The molecule has 10 heteroatoms. The lowest BCUT2D eigenvalue weighted by atomic mass is 10.6. The highest BCUT2D eigenvalue weighted by atomic mass is 16.7. The zero-order valence-corrected chi connectivity index (χ0v) is 6.47. The number of aromatic nitrogens is 3. The van der Waals surface area contributed by atoms with E-state index in [0.717, 1.165) is 12.7 Å². The molecule has 1 aromatic rings. The molecule has 0 saturated carbocycles. The number of nitrogens with zero attached hydrogens (tertiary/aromatic N) is 6. The summed E-state index contributed by atoms with van der Waals surface area (Å²) in [7, 11) is 0. The highest BCUT2D eigenvalue weighted by Crippen LogP contribution is 1.99. The van der Waals surface area contributed by atoms with E-state index in [9.17, 15) is 10.1 Å². The first-order valence-corrected chi connectivity index (χ1v) is 3.27. The Morgan fingerprint density at radius 2 is 2.43 bits per heavy atom. The second-order valence-corrected chi connectivity index (χ2v) is 2.03. The van der Waals surface area contributed by atoms with E-state index in [1.807, 2.05) is 0 Å². The lowest BCUT2D eigenvalue weighted by molar-refractivity contribution is -0.553. The average molecular weight is 198 g/mol. The fraction of sp³-hybridized carbons (Fsp3) is 0. The third kappa shape index (κ3) is 1.35. The predicted octanol–water partition coefficient (Wildman–Crippen LogP) is -1.03. The number of nitro groups is 1. The summed E-state index contributed by atoms with van der Waals surface area (Å²) in [4.78, 5) is 23.2. The Morgan fingerprint density at radius 3 is 3.00 bits per heavy atom. The van der Waals surface area contributed by atoms with Crippen LogP contribution < -0.4 is 0 Å². The minimum atomic E-state index is -0.760. The molecule has 72 valence electrons. The predicted molar refractivity (Wildman–Crippen MR) is 39.6 cm³/mol. The molecular formula is C4H2N6O4. The maximum atomic E-state index is 10.2. The maximum absolute atomic E-state index is 10.2. The van der Waals surface area contributed by atoms with Crippen molar-refractivity contribution in [2.75, 3.05) is 0 Å². The van der Waals surface area contributed by atoms with Crippen molar-refractivity contribution >= 4 is 12.3 Å². The molecular weight excluding hydrogens is 196 g/mol. The van der Waals surface area contributed by atoms with Crippen LogP contribution in [0.2, 0.25) is 0 Å². The highest BCUT2D eigenvalue weighted by Gasteiger charge is 2.22. The van der Waals surface area contributed by atoms with Gasteiger partial charge in [-0.2, -0.15) is 4.98 Å². The standard InChI is InChI=1S/C4H2N6O4/c11-10(12)9-1-5-3(7-9)4-8-13-2-6-14-4/h1-2H. The summed E-state index contributed by atoms with van der Waals surface area (Å²) in [5, 5.41) is 19.5. The van der Waals surface area contributed by atoms with Crippen LogP contribution in [-0.4, -0.2) is 32.2 Å². The summed E-state index contributed by atoms with van der Waals surface area (Å²) in [6, 6.07) is 0. The van der Waals surface area contributed by atoms with Gasteiger partial charge in [0.25, 0.3) is 0 Å². The normalized spacial score (nSPS) is 14.1. The third-order valence-electron chi connectivity index (χ3n) is 1.20. The number of hydrogen-bond acceptors (Lipinski definition) is 8. The molecule has 2 heterocycles. The van der Waals surface area contributed by atoms with Gasteiger partial charge in [-0.25, -0.2) is 0 Å². The SMILES string of the molecule is O=[N+]([O-])n1cnc(C2=NOC=NO2)n1. The summed E-state index contributed by atoms with van der Waals surface area (Å²) in [6.07, 6.45) is 1.85. The monoisotopic (exact) mass is 198 g/mol. The largest absolute Gasteiger partial charge is 0.363 e. The molecule has 0 fully saturated rings. The highest BCUT2D eigenvalue weighted by molar-refractivity contribution is 5.90. The minimum absolute atomic E-state index is 0.0847. The summed E-state index contributed by atoms with van der Waals surface area (Å²) in [5.41, 5.74) is 0. The van der Waals surface area contributed by atoms with Crippen LogP contribution in [0.4, 0.5) is 0 Å². The van der Waals surface area contributed by atoms with Crippen LogP contribution in [0.1, 0.15) is 5.82 Å². The molecule has 14 heavy (non-hydrogen) atoms. The van der Waals surface area contributed by atoms with Gasteiger partial charge in [-0.3, -0.25) is 0 Å². The van der Waals surface area contributed by atoms with E-state index in [1.165, 1.54) is 0 Å². The van der Waals surface area contributed by atoms with Crippen molar-refractivity contribution in [1.82, 2.24) is 14.9 Å². The van der Waals surface area contributed by atoms with Gasteiger partial charge in [0.05, 0.1) is 10.1 Å². The van der Waals surface area contributed by atoms with Crippen molar-refractivity contribution in [2.24, 2.45) is 10.3 Å². The molecule has 0 atom stereocenters. The molecule has 0 unspecified atom stereocenters. The zero-order chi connectivity index (χ0) is 9.97. The Balaban J connectivity index is 2.24. The molecule has 0 spiro atoms. The Hall–Kier alpha value is -2.52. The van der Waals surface area contributed by atoms with Gasteiger partial charge in [-0.05, 0) is 10.3 Å². The average Bonchev–Trinajstić information content (AvgIpc) is 2.68. The van der Waals surface area contributed by atoms with Crippen LogP contribution in [0.3, 0.4) is 0 Å². The second kappa shape index (κ2) is 3.08. The Bertz CT molecular complexity index is 421. The van der Waals surface area contributed by atoms with Gasteiger partial charge in [0, 0.05) is 4.79 Å². The minimum Gasteiger partial charge on any atom is -0.339 e. The molecule has 1 aliphatic heterocycles. The lowest BCUT2D eigenvalue weighted by Crippen LogP contribution is -2.13. The van der Waals surface area contributed by atoms with Crippen LogP contribution in [0, 0.1) is 10.1 Å². The van der Waals surface area contributed by atoms with Crippen molar-refractivity contribution < 1.29 is 14.7 Å². The number of hydrogen-bond donors (Lipinski definition) is 0. The lowest BCUT2D eigenvalue weighted by Gasteiger charge is -1.98. The molecule has 1 aliphatic rings. The van der Waals surface area contributed by atoms with E-state index in [4.69, 9.17) is 0 Å². The first-order valence-electron chi connectivity index (χ1n) is 3.27. The van der Waals surface area contributed by atoms with E-state index in [1.54, 1.807) is 0 Å². The van der Waals surface area contributed by atoms with Crippen LogP contribution in [0.15, 0.2) is 16.6 Å². The van der Waals surface area contributed by atoms with Crippen molar-refractivity contribution in [2.45, 2.75) is 0 Å². The van der Waals surface area contributed by atoms with Gasteiger partial charge in [0.15, 0.2) is 6.33 Å². The summed E-state index contributed by atoms with van der Waals surface area (Å²) < 4.78 is 0. The second-order valence-electron chi connectivity index (χ2n) is 2.03. The Labute approximate surface area is 75.5 Å². The molecule has 2 rings (SSSR count). The Morgan fingerprint density at radius 1 is 1.57 bits per heavy atom. The first kappa shape index (κ1) is 8.10. The summed E-state index contributed by atoms with van der Waals surface area (Å²) in [5.74, 6) is -0.230. The third-order valence-corrected chi connectivity index (χ3v) is 1.20. The fourth-order valence-corrected chi connectivity index (χ4v) is 0.692. The topological polar surface area (TPSA) is 117 Å².